The molecule has 0 aliphatic carbocycles. The Morgan fingerprint density at radius 2 is 2.00 bits per heavy atom. The molecule has 2 amide bonds. The van der Waals surface area contributed by atoms with Gasteiger partial charge in [-0.3, -0.25) is 4.90 Å². The third kappa shape index (κ3) is 3.77. The van der Waals surface area contributed by atoms with Gasteiger partial charge in [0.05, 0.1) is 6.04 Å². The molecule has 3 rings (SSSR count). The first-order valence-corrected chi connectivity index (χ1v) is 9.20. The van der Waals surface area contributed by atoms with Gasteiger partial charge in [0.1, 0.15) is 11.5 Å². The van der Waals surface area contributed by atoms with Gasteiger partial charge >= 0.3 is 6.03 Å². The average Bonchev–Trinajstić information content (AvgIpc) is 3.07. The minimum absolute atomic E-state index is 0.0396. The number of hydrogen-bond donors (Lipinski definition) is 1. The van der Waals surface area contributed by atoms with Crippen LogP contribution in [-0.2, 0) is 0 Å². The molecule has 2 saturated heterocycles. The summed E-state index contributed by atoms with van der Waals surface area (Å²) in [5.41, 5.74) is -0.106. The Morgan fingerprint density at radius 1 is 1.25 bits per heavy atom. The molecular formula is C19H31N3O2. The minimum Gasteiger partial charge on any atom is -0.464 e. The van der Waals surface area contributed by atoms with Crippen molar-refractivity contribution in [3.63, 3.8) is 0 Å². The highest BCUT2D eigenvalue weighted by Gasteiger charge is 2.34. The van der Waals surface area contributed by atoms with E-state index in [0.29, 0.717) is 6.04 Å². The van der Waals surface area contributed by atoms with Gasteiger partial charge in [0.15, 0.2) is 0 Å². The molecule has 3 heterocycles. The summed E-state index contributed by atoms with van der Waals surface area (Å²) in [4.78, 5) is 17.5. The van der Waals surface area contributed by atoms with E-state index >= 15 is 0 Å². The van der Waals surface area contributed by atoms with Crippen LogP contribution in [0.1, 0.15) is 57.6 Å². The summed E-state index contributed by atoms with van der Waals surface area (Å²) >= 11 is 0. The van der Waals surface area contributed by atoms with Crippen LogP contribution in [0.25, 0.3) is 0 Å². The zero-order valence-corrected chi connectivity index (χ0v) is 15.5. The molecule has 134 valence electrons. The maximum Gasteiger partial charge on any atom is 0.318 e. The third-order valence-corrected chi connectivity index (χ3v) is 5.27. The van der Waals surface area contributed by atoms with Crippen LogP contribution < -0.4 is 5.32 Å². The van der Waals surface area contributed by atoms with Gasteiger partial charge in [-0.25, -0.2) is 4.79 Å². The number of fused-ring (bicyclic) bond motifs is 1. The monoisotopic (exact) mass is 333 g/mol. The second-order valence-electron chi connectivity index (χ2n) is 8.33. The molecule has 2 aliphatic heterocycles. The largest absolute Gasteiger partial charge is 0.464 e. The Morgan fingerprint density at radius 3 is 2.67 bits per heavy atom. The minimum atomic E-state index is -0.123. The van der Waals surface area contributed by atoms with E-state index in [2.05, 4.69) is 31.0 Å². The van der Waals surface area contributed by atoms with Gasteiger partial charge in [0, 0.05) is 25.7 Å². The van der Waals surface area contributed by atoms with Crippen molar-refractivity contribution >= 4 is 6.03 Å². The van der Waals surface area contributed by atoms with Crippen LogP contribution in [0.5, 0.6) is 0 Å². The van der Waals surface area contributed by atoms with Crippen LogP contribution in [0, 0.1) is 12.3 Å². The molecule has 5 heteroatoms. The van der Waals surface area contributed by atoms with Crippen molar-refractivity contribution in [1.82, 2.24) is 15.1 Å². The molecule has 0 unspecified atom stereocenters. The van der Waals surface area contributed by atoms with Crippen LogP contribution in [-0.4, -0.2) is 48.1 Å². The first-order chi connectivity index (χ1) is 11.3. The Labute approximate surface area is 145 Å². The first-order valence-electron chi connectivity index (χ1n) is 9.20. The Balaban J connectivity index is 1.71. The van der Waals surface area contributed by atoms with Gasteiger partial charge in [-0.1, -0.05) is 20.8 Å². The molecule has 0 radical (unpaired) electrons. The fourth-order valence-electron chi connectivity index (χ4n) is 3.93. The molecule has 5 nitrogen and oxygen atoms in total. The van der Waals surface area contributed by atoms with Crippen molar-refractivity contribution in [3.8, 4) is 0 Å². The van der Waals surface area contributed by atoms with E-state index in [9.17, 15) is 4.79 Å². The smallest absolute Gasteiger partial charge is 0.318 e. The Kier molecular flexibility index (Phi) is 4.90. The van der Waals surface area contributed by atoms with Gasteiger partial charge in [-0.2, -0.15) is 0 Å². The average molecular weight is 333 g/mol. The summed E-state index contributed by atoms with van der Waals surface area (Å²) in [6.07, 6.45) is 3.53. The van der Waals surface area contributed by atoms with Crippen molar-refractivity contribution in [2.24, 2.45) is 5.41 Å². The van der Waals surface area contributed by atoms with E-state index in [1.165, 1.54) is 19.4 Å². The molecule has 0 bridgehead atoms. The lowest BCUT2D eigenvalue weighted by atomic mass is 9.85. The standard InChI is InChI=1S/C19H31N3O2/c1-14-8-9-16(24-14)17(19(2,3)4)20-18(23)22-12-6-11-21-10-5-7-15(21)13-22/h8-9,15,17H,5-7,10-13H2,1-4H3,(H,20,23)/t15-,17-/m1/s1. The quantitative estimate of drug-likeness (QED) is 0.900. The number of rotatable bonds is 2. The third-order valence-electron chi connectivity index (χ3n) is 5.27. The molecule has 2 atom stereocenters. The van der Waals surface area contributed by atoms with Crippen molar-refractivity contribution in [2.45, 2.75) is 59.0 Å². The summed E-state index contributed by atoms with van der Waals surface area (Å²) in [5.74, 6) is 1.72. The van der Waals surface area contributed by atoms with Crippen LogP contribution in [0.2, 0.25) is 0 Å². The lowest BCUT2D eigenvalue weighted by Gasteiger charge is -2.33. The summed E-state index contributed by atoms with van der Waals surface area (Å²) in [7, 11) is 0. The molecule has 0 spiro atoms. The molecule has 0 aromatic carbocycles. The summed E-state index contributed by atoms with van der Waals surface area (Å²) in [6.45, 7) is 12.3. The summed E-state index contributed by atoms with van der Waals surface area (Å²) < 4.78 is 5.81. The molecular weight excluding hydrogens is 302 g/mol. The highest BCUT2D eigenvalue weighted by molar-refractivity contribution is 5.75. The lowest BCUT2D eigenvalue weighted by molar-refractivity contribution is 0.167. The topological polar surface area (TPSA) is 48.7 Å². The van der Waals surface area contributed by atoms with E-state index in [-0.39, 0.29) is 17.5 Å². The molecule has 1 aromatic rings. The molecule has 2 aliphatic rings. The fraction of sp³-hybridized carbons (Fsp3) is 0.737. The second-order valence-corrected chi connectivity index (χ2v) is 8.33. The van der Waals surface area contributed by atoms with Crippen molar-refractivity contribution in [2.75, 3.05) is 26.2 Å². The Hall–Kier alpha value is -1.49. The van der Waals surface area contributed by atoms with Gasteiger partial charge in [0.25, 0.3) is 0 Å². The number of urea groups is 1. The molecule has 0 saturated carbocycles. The first kappa shape index (κ1) is 17.3. The lowest BCUT2D eigenvalue weighted by Crippen LogP contribution is -2.47. The van der Waals surface area contributed by atoms with E-state index in [1.807, 2.05) is 24.0 Å². The number of carbonyl (C=O) groups is 1. The van der Waals surface area contributed by atoms with Crippen LogP contribution in [0.4, 0.5) is 4.79 Å². The number of carbonyl (C=O) groups excluding carboxylic acids is 1. The number of nitrogens with zero attached hydrogens (tertiary/aromatic N) is 2. The van der Waals surface area contributed by atoms with Crippen molar-refractivity contribution in [3.05, 3.63) is 23.7 Å². The van der Waals surface area contributed by atoms with Crippen molar-refractivity contribution in [1.29, 1.82) is 0 Å². The Bertz CT molecular complexity index is 575. The number of nitrogens with one attached hydrogen (secondary N) is 1. The molecule has 1 aromatic heterocycles. The zero-order valence-electron chi connectivity index (χ0n) is 15.5. The zero-order chi connectivity index (χ0) is 17.3. The predicted octanol–water partition coefficient (Wildman–Crippen LogP) is 3.55. The van der Waals surface area contributed by atoms with E-state index in [4.69, 9.17) is 4.42 Å². The normalized spacial score (nSPS) is 23.7. The van der Waals surface area contributed by atoms with Gasteiger partial charge in [0.2, 0.25) is 0 Å². The van der Waals surface area contributed by atoms with E-state index < -0.39 is 0 Å². The number of amides is 2. The SMILES string of the molecule is Cc1ccc([C@@H](NC(=O)N2CCCN3CCC[C@@H]3C2)C(C)(C)C)o1. The van der Waals surface area contributed by atoms with E-state index in [1.54, 1.807) is 0 Å². The van der Waals surface area contributed by atoms with Crippen LogP contribution in [0.3, 0.4) is 0 Å². The molecule has 2 fully saturated rings. The number of furan rings is 1. The van der Waals surface area contributed by atoms with Gasteiger partial charge < -0.3 is 14.6 Å². The maximum absolute atomic E-state index is 12.9. The highest BCUT2D eigenvalue weighted by atomic mass is 16.3. The maximum atomic E-state index is 12.9. The number of hydrogen-bond acceptors (Lipinski definition) is 3. The van der Waals surface area contributed by atoms with Crippen molar-refractivity contribution < 1.29 is 9.21 Å². The second kappa shape index (κ2) is 6.79. The summed E-state index contributed by atoms with van der Waals surface area (Å²) in [6, 6.07) is 4.39. The van der Waals surface area contributed by atoms with Crippen LogP contribution >= 0.6 is 0 Å². The van der Waals surface area contributed by atoms with Gasteiger partial charge in [-0.05, 0) is 50.3 Å². The number of aryl methyl sites for hydroxylation is 1. The molecule has 1 N–H and O–H groups in total. The fourth-order valence-corrected chi connectivity index (χ4v) is 3.93. The predicted molar refractivity (Wildman–Crippen MR) is 95.0 cm³/mol. The van der Waals surface area contributed by atoms with Crippen LogP contribution in [0.15, 0.2) is 16.5 Å². The highest BCUT2D eigenvalue weighted by Crippen LogP contribution is 2.34. The molecule has 24 heavy (non-hydrogen) atoms. The van der Waals surface area contributed by atoms with E-state index in [0.717, 1.165) is 37.6 Å². The van der Waals surface area contributed by atoms with Gasteiger partial charge in [-0.15, -0.1) is 0 Å². The summed E-state index contributed by atoms with van der Waals surface area (Å²) in [5, 5.41) is 3.24.